The average Bonchev–Trinajstić information content (AvgIpc) is 2.46. The van der Waals surface area contributed by atoms with Crippen molar-refractivity contribution in [2.24, 2.45) is 5.73 Å². The zero-order chi connectivity index (χ0) is 13.7. The molecule has 2 rings (SSSR count). The van der Waals surface area contributed by atoms with E-state index in [0.717, 1.165) is 58.8 Å². The number of guanidine groups is 1. The summed E-state index contributed by atoms with van der Waals surface area (Å²) in [5.41, 5.74) is 5.66. The molecule has 0 amide bonds. The highest BCUT2D eigenvalue weighted by Gasteiger charge is 2.42. The maximum Gasteiger partial charge on any atom is 0.188 e. The Morgan fingerprint density at radius 2 is 1.53 bits per heavy atom. The van der Waals surface area contributed by atoms with Crippen molar-refractivity contribution >= 4 is 5.96 Å². The Morgan fingerprint density at radius 1 is 1.11 bits per heavy atom. The predicted molar refractivity (Wildman–Crippen MR) is 77.0 cm³/mol. The third-order valence-electron chi connectivity index (χ3n) is 4.11. The Balaban J connectivity index is 2.19. The Kier molecular flexibility index (Phi) is 4.98. The molecule has 0 aromatic carbocycles. The SMILES string of the molecule is CCC(NC(=N)N)(N1CCNCC1)N1CCNCC1. The molecule has 6 N–H and O–H groups in total. The van der Waals surface area contributed by atoms with Crippen molar-refractivity contribution in [2.75, 3.05) is 52.4 Å². The van der Waals surface area contributed by atoms with Gasteiger partial charge in [0.15, 0.2) is 11.7 Å². The average molecular weight is 269 g/mol. The van der Waals surface area contributed by atoms with E-state index in [-0.39, 0.29) is 11.7 Å². The molecule has 2 heterocycles. The van der Waals surface area contributed by atoms with E-state index in [2.05, 4.69) is 32.7 Å². The van der Waals surface area contributed by atoms with Crippen LogP contribution in [0.15, 0.2) is 0 Å². The van der Waals surface area contributed by atoms with Crippen molar-refractivity contribution in [3.8, 4) is 0 Å². The molecule has 2 aliphatic rings. The number of piperazine rings is 2. The number of hydrogen-bond donors (Lipinski definition) is 5. The van der Waals surface area contributed by atoms with E-state index < -0.39 is 0 Å². The van der Waals surface area contributed by atoms with E-state index in [1.807, 2.05) is 0 Å². The minimum Gasteiger partial charge on any atom is -0.370 e. The van der Waals surface area contributed by atoms with Gasteiger partial charge in [-0.3, -0.25) is 15.2 Å². The van der Waals surface area contributed by atoms with Crippen LogP contribution in [0.25, 0.3) is 0 Å². The van der Waals surface area contributed by atoms with Gasteiger partial charge in [-0.1, -0.05) is 6.92 Å². The minimum absolute atomic E-state index is 0.0546. The molecule has 0 aromatic heterocycles. The third kappa shape index (κ3) is 3.17. The molecule has 110 valence electrons. The van der Waals surface area contributed by atoms with Crippen LogP contribution in [0.3, 0.4) is 0 Å². The number of nitrogens with zero attached hydrogens (tertiary/aromatic N) is 2. The zero-order valence-corrected chi connectivity index (χ0v) is 11.8. The van der Waals surface area contributed by atoms with Crippen molar-refractivity contribution in [2.45, 2.75) is 19.1 Å². The van der Waals surface area contributed by atoms with Crippen LogP contribution in [0.4, 0.5) is 0 Å². The van der Waals surface area contributed by atoms with Gasteiger partial charge in [-0.05, 0) is 6.42 Å². The molecule has 0 saturated carbocycles. The van der Waals surface area contributed by atoms with E-state index in [0.29, 0.717) is 0 Å². The Morgan fingerprint density at radius 3 is 1.84 bits per heavy atom. The van der Waals surface area contributed by atoms with E-state index >= 15 is 0 Å². The van der Waals surface area contributed by atoms with Crippen molar-refractivity contribution < 1.29 is 0 Å². The van der Waals surface area contributed by atoms with Gasteiger partial charge in [0.25, 0.3) is 0 Å². The van der Waals surface area contributed by atoms with Crippen molar-refractivity contribution in [1.82, 2.24) is 25.8 Å². The second kappa shape index (κ2) is 6.51. The Bertz CT molecular complexity index is 276. The number of nitrogens with two attached hydrogens (primary N) is 1. The molecule has 0 atom stereocenters. The topological polar surface area (TPSA) is 92.4 Å². The van der Waals surface area contributed by atoms with Crippen molar-refractivity contribution in [1.29, 1.82) is 5.41 Å². The first-order chi connectivity index (χ1) is 9.19. The first-order valence-corrected chi connectivity index (χ1v) is 7.23. The highest BCUT2D eigenvalue weighted by molar-refractivity contribution is 5.75. The molecule has 7 heteroatoms. The summed E-state index contributed by atoms with van der Waals surface area (Å²) in [6, 6.07) is 0. The molecule has 0 radical (unpaired) electrons. The summed E-state index contributed by atoms with van der Waals surface area (Å²) >= 11 is 0. The van der Waals surface area contributed by atoms with Gasteiger partial charge in [0, 0.05) is 52.4 Å². The third-order valence-corrected chi connectivity index (χ3v) is 4.11. The van der Waals surface area contributed by atoms with E-state index in [1.54, 1.807) is 0 Å². The molecule has 2 saturated heterocycles. The van der Waals surface area contributed by atoms with Gasteiger partial charge in [-0.2, -0.15) is 0 Å². The molecule has 0 bridgehead atoms. The van der Waals surface area contributed by atoms with Crippen molar-refractivity contribution in [3.63, 3.8) is 0 Å². The smallest absolute Gasteiger partial charge is 0.188 e. The van der Waals surface area contributed by atoms with Crippen LogP contribution in [0.2, 0.25) is 0 Å². The second-order valence-electron chi connectivity index (χ2n) is 5.18. The minimum atomic E-state index is -0.309. The molecular weight excluding hydrogens is 242 g/mol. The Hall–Kier alpha value is -0.890. The lowest BCUT2D eigenvalue weighted by atomic mass is 10.1. The van der Waals surface area contributed by atoms with Gasteiger partial charge in [-0.15, -0.1) is 0 Å². The van der Waals surface area contributed by atoms with Gasteiger partial charge >= 0.3 is 0 Å². The predicted octanol–water partition coefficient (Wildman–Crippen LogP) is -1.66. The van der Waals surface area contributed by atoms with Crippen LogP contribution in [0.5, 0.6) is 0 Å². The lowest BCUT2D eigenvalue weighted by molar-refractivity contribution is -0.0860. The van der Waals surface area contributed by atoms with Gasteiger partial charge in [0.2, 0.25) is 0 Å². The fourth-order valence-electron chi connectivity index (χ4n) is 3.18. The summed E-state index contributed by atoms with van der Waals surface area (Å²) in [6.07, 6.45) is 0.909. The molecule has 0 unspecified atom stereocenters. The van der Waals surface area contributed by atoms with Crippen LogP contribution in [-0.4, -0.2) is 73.9 Å². The van der Waals surface area contributed by atoms with Gasteiger partial charge in [0.05, 0.1) is 0 Å². The summed E-state index contributed by atoms with van der Waals surface area (Å²) in [5, 5.41) is 17.7. The highest BCUT2D eigenvalue weighted by Crippen LogP contribution is 2.23. The van der Waals surface area contributed by atoms with Gasteiger partial charge < -0.3 is 21.7 Å². The lowest BCUT2D eigenvalue weighted by Crippen LogP contribution is -2.74. The maximum atomic E-state index is 7.67. The first-order valence-electron chi connectivity index (χ1n) is 7.23. The molecule has 2 fully saturated rings. The second-order valence-corrected chi connectivity index (χ2v) is 5.18. The summed E-state index contributed by atoms with van der Waals surface area (Å²) in [5.74, 6) is -0.255. The maximum absolute atomic E-state index is 7.67. The molecular formula is C12H27N7. The van der Waals surface area contributed by atoms with Crippen LogP contribution >= 0.6 is 0 Å². The van der Waals surface area contributed by atoms with E-state index in [4.69, 9.17) is 11.1 Å². The molecule has 19 heavy (non-hydrogen) atoms. The van der Waals surface area contributed by atoms with Crippen LogP contribution < -0.4 is 21.7 Å². The Labute approximate surface area is 115 Å². The van der Waals surface area contributed by atoms with E-state index in [1.165, 1.54) is 0 Å². The molecule has 2 aliphatic heterocycles. The van der Waals surface area contributed by atoms with Gasteiger partial charge in [0.1, 0.15) is 0 Å². The first kappa shape index (κ1) is 14.5. The lowest BCUT2D eigenvalue weighted by Gasteiger charge is -2.53. The number of rotatable bonds is 4. The van der Waals surface area contributed by atoms with E-state index in [9.17, 15) is 0 Å². The van der Waals surface area contributed by atoms with Gasteiger partial charge in [-0.25, -0.2) is 0 Å². The fourth-order valence-corrected chi connectivity index (χ4v) is 3.18. The quantitative estimate of drug-likeness (QED) is 0.310. The summed E-state index contributed by atoms with van der Waals surface area (Å²) in [7, 11) is 0. The monoisotopic (exact) mass is 269 g/mol. The van der Waals surface area contributed by atoms with Crippen LogP contribution in [0.1, 0.15) is 13.3 Å². The molecule has 0 spiro atoms. The molecule has 0 aliphatic carbocycles. The fraction of sp³-hybridized carbons (Fsp3) is 0.917. The molecule has 7 nitrogen and oxygen atoms in total. The largest absolute Gasteiger partial charge is 0.370 e. The molecule has 0 aromatic rings. The standard InChI is InChI=1S/C12H27N7/c1-2-12(17-11(13)14,18-7-3-15-4-8-18)19-9-5-16-6-10-19/h15-16H,2-10H2,1H3,(H4,13,14,17). The highest BCUT2D eigenvalue weighted by atomic mass is 15.5. The van der Waals surface area contributed by atoms with Crippen LogP contribution in [0, 0.1) is 5.41 Å². The summed E-state index contributed by atoms with van der Waals surface area (Å²) < 4.78 is 0. The summed E-state index contributed by atoms with van der Waals surface area (Å²) in [6.45, 7) is 10.1. The zero-order valence-electron chi connectivity index (χ0n) is 11.8. The normalized spacial score (nSPS) is 23.2. The number of hydrogen-bond acceptors (Lipinski definition) is 5. The van der Waals surface area contributed by atoms with Crippen LogP contribution in [-0.2, 0) is 0 Å². The number of nitrogens with one attached hydrogen (secondary N) is 4. The van der Waals surface area contributed by atoms with Crippen molar-refractivity contribution in [3.05, 3.63) is 0 Å². The summed E-state index contributed by atoms with van der Waals surface area (Å²) in [4.78, 5) is 4.85.